The zero-order valence-corrected chi connectivity index (χ0v) is 18.6. The molecule has 0 aliphatic carbocycles. The maximum absolute atomic E-state index is 13.3. The van der Waals surface area contributed by atoms with Crippen molar-refractivity contribution in [3.8, 4) is 5.75 Å². The predicted molar refractivity (Wildman–Crippen MR) is 120 cm³/mol. The number of amides is 1. The number of nitro groups is 1. The lowest BCUT2D eigenvalue weighted by molar-refractivity contribution is -0.402. The lowest BCUT2D eigenvalue weighted by Crippen LogP contribution is -2.34. The van der Waals surface area contributed by atoms with E-state index >= 15 is 0 Å². The van der Waals surface area contributed by atoms with Crippen LogP contribution >= 0.6 is 11.3 Å². The highest BCUT2D eigenvalue weighted by molar-refractivity contribution is 7.22. The molecular formula is C21H21N5O5S. The van der Waals surface area contributed by atoms with Crippen molar-refractivity contribution in [2.24, 2.45) is 0 Å². The molecule has 3 heterocycles. The molecule has 0 aliphatic heterocycles. The number of ether oxygens (including phenoxy) is 1. The summed E-state index contributed by atoms with van der Waals surface area (Å²) < 4.78 is 13.5. The van der Waals surface area contributed by atoms with E-state index in [4.69, 9.17) is 9.15 Å². The summed E-state index contributed by atoms with van der Waals surface area (Å²) >= 11 is 1.33. The second kappa shape index (κ2) is 8.79. The first kappa shape index (κ1) is 21.5. The van der Waals surface area contributed by atoms with Gasteiger partial charge in [0.1, 0.15) is 16.2 Å². The van der Waals surface area contributed by atoms with Crippen LogP contribution in [0.2, 0.25) is 0 Å². The van der Waals surface area contributed by atoms with Gasteiger partial charge in [0.2, 0.25) is 0 Å². The highest BCUT2D eigenvalue weighted by Gasteiger charge is 2.27. The van der Waals surface area contributed by atoms with Crippen LogP contribution in [0.1, 0.15) is 28.9 Å². The highest BCUT2D eigenvalue weighted by atomic mass is 32.1. The molecule has 0 radical (unpaired) electrons. The van der Waals surface area contributed by atoms with E-state index in [1.807, 2.05) is 45.0 Å². The number of carbonyl (C=O) groups excluding carboxylic acids is 1. The smallest absolute Gasteiger partial charge is 0.433 e. The largest absolute Gasteiger partial charge is 0.492 e. The second-order valence-electron chi connectivity index (χ2n) is 7.03. The molecule has 1 aromatic carbocycles. The molecule has 0 N–H and O–H groups in total. The van der Waals surface area contributed by atoms with Crippen LogP contribution in [0.5, 0.6) is 5.75 Å². The Kier molecular flexibility index (Phi) is 5.91. The van der Waals surface area contributed by atoms with E-state index in [2.05, 4.69) is 10.1 Å². The fraction of sp³-hybridized carbons (Fsp3) is 0.286. The molecule has 0 bridgehead atoms. The van der Waals surface area contributed by atoms with Crippen LogP contribution in [-0.4, -0.2) is 38.7 Å². The van der Waals surface area contributed by atoms with E-state index < -0.39 is 16.7 Å². The first-order valence-electron chi connectivity index (χ1n) is 9.97. The SMILES string of the molecule is CCOc1cccc2sc(N(CCn3nc(C)cc3C)C(=O)c3ccc([N+](=O)[O-])o3)nc12. The van der Waals surface area contributed by atoms with Gasteiger partial charge in [-0.1, -0.05) is 17.4 Å². The van der Waals surface area contributed by atoms with Gasteiger partial charge in [-0.15, -0.1) is 0 Å². The fourth-order valence-corrected chi connectivity index (χ4v) is 4.36. The van der Waals surface area contributed by atoms with Gasteiger partial charge in [-0.25, -0.2) is 4.98 Å². The van der Waals surface area contributed by atoms with Gasteiger partial charge in [0, 0.05) is 12.2 Å². The number of para-hydroxylation sites is 1. The summed E-state index contributed by atoms with van der Waals surface area (Å²) in [4.78, 5) is 29.7. The molecule has 0 saturated carbocycles. The van der Waals surface area contributed by atoms with Gasteiger partial charge in [0.05, 0.1) is 29.6 Å². The maximum Gasteiger partial charge on any atom is 0.433 e. The average molecular weight is 455 g/mol. The van der Waals surface area contributed by atoms with E-state index in [-0.39, 0.29) is 12.3 Å². The van der Waals surface area contributed by atoms with E-state index in [1.54, 1.807) is 4.68 Å². The molecule has 4 aromatic rings. The van der Waals surface area contributed by atoms with Crippen molar-refractivity contribution in [3.63, 3.8) is 0 Å². The Hall–Kier alpha value is -3.73. The Labute approximate surface area is 187 Å². The Morgan fingerprint density at radius 3 is 2.78 bits per heavy atom. The zero-order valence-electron chi connectivity index (χ0n) is 17.8. The Balaban J connectivity index is 1.71. The van der Waals surface area contributed by atoms with Crippen molar-refractivity contribution in [2.45, 2.75) is 27.3 Å². The van der Waals surface area contributed by atoms with Crippen molar-refractivity contribution >= 4 is 38.5 Å². The zero-order chi connectivity index (χ0) is 22.8. The molecule has 1 amide bonds. The van der Waals surface area contributed by atoms with Crippen molar-refractivity contribution < 1.29 is 18.9 Å². The van der Waals surface area contributed by atoms with E-state index in [0.29, 0.717) is 29.5 Å². The van der Waals surface area contributed by atoms with Crippen LogP contribution in [0.4, 0.5) is 11.0 Å². The van der Waals surface area contributed by atoms with Gasteiger partial charge < -0.3 is 9.15 Å². The van der Waals surface area contributed by atoms with Crippen molar-refractivity contribution in [2.75, 3.05) is 18.1 Å². The van der Waals surface area contributed by atoms with Crippen LogP contribution in [0.15, 0.2) is 40.8 Å². The van der Waals surface area contributed by atoms with Crippen molar-refractivity contribution in [1.29, 1.82) is 0 Å². The molecule has 0 saturated heterocycles. The van der Waals surface area contributed by atoms with Gasteiger partial charge in [-0.3, -0.25) is 24.5 Å². The number of carbonyl (C=O) groups is 1. The Bertz CT molecular complexity index is 1290. The number of hydrogen-bond donors (Lipinski definition) is 0. The molecule has 3 aromatic heterocycles. The molecule has 0 spiro atoms. The lowest BCUT2D eigenvalue weighted by atomic mass is 10.3. The van der Waals surface area contributed by atoms with Gasteiger partial charge in [0.25, 0.3) is 5.91 Å². The number of hydrogen-bond acceptors (Lipinski definition) is 8. The van der Waals surface area contributed by atoms with Crippen molar-refractivity contribution in [1.82, 2.24) is 14.8 Å². The summed E-state index contributed by atoms with van der Waals surface area (Å²) in [5.74, 6) is -0.507. The monoisotopic (exact) mass is 455 g/mol. The first-order valence-corrected chi connectivity index (χ1v) is 10.8. The third-order valence-corrected chi connectivity index (χ3v) is 5.81. The minimum absolute atomic E-state index is 0.130. The molecule has 0 atom stereocenters. The normalized spacial score (nSPS) is 11.1. The predicted octanol–water partition coefficient (Wildman–Crippen LogP) is 4.36. The van der Waals surface area contributed by atoms with E-state index in [9.17, 15) is 14.9 Å². The van der Waals surface area contributed by atoms with Crippen LogP contribution < -0.4 is 9.64 Å². The number of furan rings is 1. The Morgan fingerprint density at radius 2 is 2.12 bits per heavy atom. The number of fused-ring (bicyclic) bond motifs is 1. The van der Waals surface area contributed by atoms with E-state index in [0.717, 1.165) is 22.2 Å². The van der Waals surface area contributed by atoms with Crippen LogP contribution in [0, 0.1) is 24.0 Å². The summed E-state index contributed by atoms with van der Waals surface area (Å²) in [6.07, 6.45) is 0. The molecule has 166 valence electrons. The van der Waals surface area contributed by atoms with E-state index in [1.165, 1.54) is 22.3 Å². The summed E-state index contributed by atoms with van der Waals surface area (Å²) in [7, 11) is 0. The number of nitrogens with zero attached hydrogens (tertiary/aromatic N) is 5. The number of aryl methyl sites for hydroxylation is 2. The molecule has 0 aliphatic rings. The molecule has 0 fully saturated rings. The van der Waals surface area contributed by atoms with Crippen molar-refractivity contribution in [3.05, 3.63) is 63.7 Å². The topological polar surface area (TPSA) is 117 Å². The first-order chi connectivity index (χ1) is 15.4. The average Bonchev–Trinajstić information content (AvgIpc) is 3.47. The molecule has 10 nitrogen and oxygen atoms in total. The minimum Gasteiger partial charge on any atom is -0.492 e. The molecule has 0 unspecified atom stereocenters. The van der Waals surface area contributed by atoms with Crippen LogP contribution in [0.3, 0.4) is 0 Å². The molecule has 11 heteroatoms. The van der Waals surface area contributed by atoms with Gasteiger partial charge in [-0.2, -0.15) is 5.10 Å². The summed E-state index contributed by atoms with van der Waals surface area (Å²) in [5, 5.41) is 15.9. The number of rotatable bonds is 8. The standard InChI is InChI=1S/C21H21N5O5S/c1-4-30-15-6-5-7-17-19(15)22-21(32-17)24(10-11-25-14(3)12-13(2)23-25)20(27)16-8-9-18(31-16)26(28)29/h5-9,12H,4,10-11H2,1-3H3. The number of aromatic nitrogens is 3. The molecular weight excluding hydrogens is 434 g/mol. The maximum atomic E-state index is 13.3. The summed E-state index contributed by atoms with van der Waals surface area (Å²) in [5.41, 5.74) is 2.50. The lowest BCUT2D eigenvalue weighted by Gasteiger charge is -2.19. The minimum atomic E-state index is -0.678. The highest BCUT2D eigenvalue weighted by Crippen LogP contribution is 2.35. The van der Waals surface area contributed by atoms with Crippen LogP contribution in [-0.2, 0) is 6.54 Å². The van der Waals surface area contributed by atoms with Gasteiger partial charge in [0.15, 0.2) is 10.9 Å². The quantitative estimate of drug-likeness (QED) is 0.286. The third-order valence-electron chi connectivity index (χ3n) is 4.77. The molecule has 4 rings (SSSR count). The number of thiazole rings is 1. The van der Waals surface area contributed by atoms with Gasteiger partial charge >= 0.3 is 5.88 Å². The molecule has 32 heavy (non-hydrogen) atoms. The Morgan fingerprint density at radius 1 is 1.31 bits per heavy atom. The second-order valence-corrected chi connectivity index (χ2v) is 8.04. The summed E-state index contributed by atoms with van der Waals surface area (Å²) in [6, 6.07) is 10.0. The number of benzene rings is 1. The van der Waals surface area contributed by atoms with Gasteiger partial charge in [-0.05, 0) is 45.0 Å². The fourth-order valence-electron chi connectivity index (χ4n) is 3.35. The summed E-state index contributed by atoms with van der Waals surface area (Å²) in [6.45, 7) is 6.88. The third kappa shape index (κ3) is 4.19. The van der Waals surface area contributed by atoms with Crippen LogP contribution in [0.25, 0.3) is 10.2 Å². The number of anilines is 1.